The Bertz CT molecular complexity index is 1800. The molecule has 196 valence electrons. The molecule has 0 radical (unpaired) electrons. The van der Waals surface area contributed by atoms with Gasteiger partial charge in [-0.3, -0.25) is 14.0 Å². The molecule has 4 aromatic carbocycles. The Morgan fingerprint density at radius 1 is 0.949 bits per heavy atom. The lowest BCUT2D eigenvalue weighted by Crippen LogP contribution is -2.31. The molecule has 6 rings (SSSR count). The molecule has 1 aromatic heterocycles. The molecule has 0 aliphatic carbocycles. The number of amides is 1. The molecular formula is C31H27N3O3S2. The minimum atomic E-state index is -3.74. The Kier molecular flexibility index (Phi) is 6.45. The number of hydrogen-bond donors (Lipinski definition) is 0. The fourth-order valence-corrected chi connectivity index (χ4v) is 7.60. The van der Waals surface area contributed by atoms with E-state index >= 15 is 0 Å². The van der Waals surface area contributed by atoms with Crippen LogP contribution in [0.3, 0.4) is 0 Å². The van der Waals surface area contributed by atoms with Gasteiger partial charge >= 0.3 is 0 Å². The summed E-state index contributed by atoms with van der Waals surface area (Å²) in [4.78, 5) is 20.6. The first kappa shape index (κ1) is 25.3. The van der Waals surface area contributed by atoms with Crippen molar-refractivity contribution in [1.82, 2.24) is 4.98 Å². The van der Waals surface area contributed by atoms with E-state index in [1.807, 2.05) is 67.6 Å². The third-order valence-corrected chi connectivity index (χ3v) is 10.1. The molecule has 0 N–H and O–H groups in total. The van der Waals surface area contributed by atoms with Crippen molar-refractivity contribution < 1.29 is 13.2 Å². The predicted octanol–water partition coefficient (Wildman–Crippen LogP) is 6.51. The van der Waals surface area contributed by atoms with Crippen molar-refractivity contribution in [3.05, 3.63) is 119 Å². The molecule has 5 aromatic rings. The van der Waals surface area contributed by atoms with E-state index in [4.69, 9.17) is 4.98 Å². The average molecular weight is 554 g/mol. The molecule has 0 bridgehead atoms. The van der Waals surface area contributed by atoms with Gasteiger partial charge in [0.2, 0.25) is 0 Å². The zero-order chi connectivity index (χ0) is 27.1. The van der Waals surface area contributed by atoms with Gasteiger partial charge in [-0.15, -0.1) is 0 Å². The van der Waals surface area contributed by atoms with E-state index in [-0.39, 0.29) is 10.8 Å². The second-order valence-electron chi connectivity index (χ2n) is 9.78. The van der Waals surface area contributed by atoms with E-state index < -0.39 is 10.0 Å². The minimum Gasteiger partial charge on any atom is -0.279 e. The van der Waals surface area contributed by atoms with Crippen LogP contribution in [0.5, 0.6) is 0 Å². The van der Waals surface area contributed by atoms with Crippen LogP contribution in [0, 0.1) is 13.8 Å². The smallest absolute Gasteiger partial charge is 0.264 e. The summed E-state index contributed by atoms with van der Waals surface area (Å²) in [6, 6.07) is 27.7. The van der Waals surface area contributed by atoms with Crippen LogP contribution >= 0.6 is 11.3 Å². The van der Waals surface area contributed by atoms with Gasteiger partial charge in [0.1, 0.15) is 0 Å². The summed E-state index contributed by atoms with van der Waals surface area (Å²) in [5.74, 6) is -0.234. The van der Waals surface area contributed by atoms with Crippen LogP contribution in [0.4, 0.5) is 10.8 Å². The number of sulfonamides is 1. The number of thiazole rings is 1. The molecule has 0 atom stereocenters. The number of hydrogen-bond acceptors (Lipinski definition) is 5. The van der Waals surface area contributed by atoms with Crippen molar-refractivity contribution in [3.63, 3.8) is 0 Å². The fraction of sp³-hybridized carbons (Fsp3) is 0.161. The summed E-state index contributed by atoms with van der Waals surface area (Å²) in [5, 5.41) is 0.609. The highest BCUT2D eigenvalue weighted by atomic mass is 32.2. The van der Waals surface area contributed by atoms with Crippen molar-refractivity contribution in [2.75, 3.05) is 15.7 Å². The fourth-order valence-electron chi connectivity index (χ4n) is 5.08. The zero-order valence-electron chi connectivity index (χ0n) is 21.7. The van der Waals surface area contributed by atoms with Gasteiger partial charge < -0.3 is 0 Å². The molecule has 2 heterocycles. The number of carbonyl (C=O) groups is 1. The summed E-state index contributed by atoms with van der Waals surface area (Å²) in [6.45, 7) is 4.85. The molecular weight excluding hydrogens is 526 g/mol. The van der Waals surface area contributed by atoms with Gasteiger partial charge in [-0.05, 0) is 78.9 Å². The highest BCUT2D eigenvalue weighted by molar-refractivity contribution is 7.92. The lowest BCUT2D eigenvalue weighted by molar-refractivity contribution is 0.0985. The molecule has 0 unspecified atom stereocenters. The molecule has 6 nitrogen and oxygen atoms in total. The third-order valence-electron chi connectivity index (χ3n) is 7.00. The van der Waals surface area contributed by atoms with Gasteiger partial charge in [-0.2, -0.15) is 0 Å². The van der Waals surface area contributed by atoms with Crippen molar-refractivity contribution >= 4 is 48.3 Å². The largest absolute Gasteiger partial charge is 0.279 e. The highest BCUT2D eigenvalue weighted by Crippen LogP contribution is 2.35. The predicted molar refractivity (Wildman–Crippen MR) is 157 cm³/mol. The van der Waals surface area contributed by atoms with Crippen LogP contribution in [0.25, 0.3) is 10.2 Å². The Labute approximate surface area is 232 Å². The number of aryl methyl sites for hydroxylation is 2. The van der Waals surface area contributed by atoms with Gasteiger partial charge in [0, 0.05) is 12.1 Å². The van der Waals surface area contributed by atoms with Crippen LogP contribution in [0.15, 0.2) is 95.9 Å². The van der Waals surface area contributed by atoms with Gasteiger partial charge in [-0.1, -0.05) is 65.9 Å². The molecule has 0 saturated heterocycles. The Morgan fingerprint density at radius 3 is 2.44 bits per heavy atom. The van der Waals surface area contributed by atoms with Crippen molar-refractivity contribution in [1.29, 1.82) is 0 Å². The maximum Gasteiger partial charge on any atom is 0.264 e. The number of anilines is 2. The molecule has 0 saturated carbocycles. The van der Waals surface area contributed by atoms with Gasteiger partial charge in [0.15, 0.2) is 5.13 Å². The Hall–Kier alpha value is -4.01. The SMILES string of the molecule is Cc1cc(C)c2sc(N(Cc3ccccc3)C(=O)c3ccc(S(=O)(=O)N4CCc5ccccc54)cc3)nc2c1. The van der Waals surface area contributed by atoms with Crippen LogP contribution in [0.2, 0.25) is 0 Å². The molecule has 1 amide bonds. The molecule has 8 heteroatoms. The van der Waals surface area contributed by atoms with Gasteiger partial charge in [0.25, 0.3) is 15.9 Å². The summed E-state index contributed by atoms with van der Waals surface area (Å²) in [7, 11) is -3.74. The van der Waals surface area contributed by atoms with E-state index in [1.54, 1.807) is 17.0 Å². The average Bonchev–Trinajstić information content (AvgIpc) is 3.57. The number of fused-ring (bicyclic) bond motifs is 2. The van der Waals surface area contributed by atoms with E-state index in [9.17, 15) is 13.2 Å². The van der Waals surface area contributed by atoms with Crippen molar-refractivity contribution in [2.45, 2.75) is 31.7 Å². The van der Waals surface area contributed by atoms with Crippen molar-refractivity contribution in [2.24, 2.45) is 0 Å². The molecule has 39 heavy (non-hydrogen) atoms. The summed E-state index contributed by atoms with van der Waals surface area (Å²) < 4.78 is 29.4. The summed E-state index contributed by atoms with van der Waals surface area (Å²) in [5.41, 5.74) is 6.22. The van der Waals surface area contributed by atoms with E-state index in [1.165, 1.54) is 27.8 Å². The lowest BCUT2D eigenvalue weighted by atomic mass is 10.1. The van der Waals surface area contributed by atoms with Crippen molar-refractivity contribution in [3.8, 4) is 0 Å². The molecule has 0 spiro atoms. The number of para-hydroxylation sites is 1. The highest BCUT2D eigenvalue weighted by Gasteiger charge is 2.31. The molecule has 1 aliphatic heterocycles. The second-order valence-corrected chi connectivity index (χ2v) is 12.6. The minimum absolute atomic E-state index is 0.163. The van der Waals surface area contributed by atoms with Crippen LogP contribution in [0.1, 0.15) is 32.6 Å². The first-order chi connectivity index (χ1) is 18.8. The van der Waals surface area contributed by atoms with Crippen LogP contribution in [-0.2, 0) is 23.0 Å². The van der Waals surface area contributed by atoms with E-state index in [0.717, 1.165) is 32.5 Å². The Morgan fingerprint density at radius 2 is 1.67 bits per heavy atom. The van der Waals surface area contributed by atoms with Gasteiger partial charge in [-0.25, -0.2) is 13.4 Å². The van der Waals surface area contributed by atoms with Crippen LogP contribution in [-0.4, -0.2) is 25.9 Å². The third kappa shape index (κ3) is 4.70. The zero-order valence-corrected chi connectivity index (χ0v) is 23.3. The maximum atomic E-state index is 13.9. The number of nitrogens with zero attached hydrogens (tertiary/aromatic N) is 3. The lowest BCUT2D eigenvalue weighted by Gasteiger charge is -2.21. The number of carbonyl (C=O) groups excluding carboxylic acids is 1. The second kappa shape index (κ2) is 9.94. The molecule has 0 fully saturated rings. The standard InChI is InChI=1S/C31H27N3O3S2/c1-21-18-22(2)29-27(19-21)32-31(38-29)33(20-23-8-4-3-5-9-23)30(35)25-12-14-26(15-13-25)39(36,37)34-17-16-24-10-6-7-11-28(24)34/h3-15,18-19H,16-17,20H2,1-2H3. The molecule has 1 aliphatic rings. The maximum absolute atomic E-state index is 13.9. The van der Waals surface area contributed by atoms with E-state index in [2.05, 4.69) is 13.0 Å². The monoisotopic (exact) mass is 553 g/mol. The Balaban J connectivity index is 1.34. The first-order valence-corrected chi connectivity index (χ1v) is 15.0. The number of rotatable bonds is 6. The summed E-state index contributed by atoms with van der Waals surface area (Å²) in [6.07, 6.45) is 0.682. The van der Waals surface area contributed by atoms with Crippen LogP contribution < -0.4 is 9.21 Å². The normalized spacial score (nSPS) is 13.0. The first-order valence-electron chi connectivity index (χ1n) is 12.8. The number of aromatic nitrogens is 1. The summed E-state index contributed by atoms with van der Waals surface area (Å²) >= 11 is 1.49. The quantitative estimate of drug-likeness (QED) is 0.240. The van der Waals surface area contributed by atoms with E-state index in [0.29, 0.717) is 35.9 Å². The number of benzene rings is 4. The topological polar surface area (TPSA) is 70.6 Å². The van der Waals surface area contributed by atoms with Gasteiger partial charge in [0.05, 0.1) is 27.3 Å².